The van der Waals surface area contributed by atoms with Crippen LogP contribution in [0, 0.1) is 0 Å². The first-order valence-electron chi connectivity index (χ1n) is 20.0. The van der Waals surface area contributed by atoms with Crippen LogP contribution in [-0.2, 0) is 28.6 Å². The highest BCUT2D eigenvalue weighted by atomic mass is 16.6. The smallest absolute Gasteiger partial charge is 0.306 e. The van der Waals surface area contributed by atoms with Gasteiger partial charge in [-0.15, -0.1) is 0 Å². The van der Waals surface area contributed by atoms with Gasteiger partial charge in [0, 0.05) is 19.3 Å². The van der Waals surface area contributed by atoms with Crippen LogP contribution in [0.4, 0.5) is 0 Å². The summed E-state index contributed by atoms with van der Waals surface area (Å²) in [6.45, 7) is 6.42. The van der Waals surface area contributed by atoms with E-state index in [0.29, 0.717) is 19.3 Å². The normalized spacial score (nSPS) is 12.3. The molecule has 0 saturated carbocycles. The minimum atomic E-state index is -0.777. The van der Waals surface area contributed by atoms with Crippen LogP contribution in [0.3, 0.4) is 0 Å². The molecule has 0 rings (SSSR count). The number of hydrogen-bond acceptors (Lipinski definition) is 6. The number of esters is 3. The summed E-state index contributed by atoms with van der Waals surface area (Å²) < 4.78 is 16.5. The number of carbonyl (C=O) groups is 3. The van der Waals surface area contributed by atoms with E-state index < -0.39 is 6.10 Å². The molecule has 6 nitrogen and oxygen atoms in total. The Balaban J connectivity index is 4.42. The molecule has 0 radical (unpaired) electrons. The van der Waals surface area contributed by atoms with Crippen molar-refractivity contribution in [2.75, 3.05) is 13.2 Å². The van der Waals surface area contributed by atoms with Crippen LogP contribution < -0.4 is 0 Å². The van der Waals surface area contributed by atoms with Crippen molar-refractivity contribution < 1.29 is 28.6 Å². The summed E-state index contributed by atoms with van der Waals surface area (Å²) in [6.07, 6.45) is 39.9. The third-order valence-electron chi connectivity index (χ3n) is 8.41. The molecule has 0 spiro atoms. The van der Waals surface area contributed by atoms with Gasteiger partial charge in [-0.3, -0.25) is 14.4 Å². The van der Waals surface area contributed by atoms with Crippen molar-refractivity contribution in [1.29, 1.82) is 0 Å². The first-order valence-corrected chi connectivity index (χ1v) is 20.0. The minimum Gasteiger partial charge on any atom is -0.462 e. The molecule has 0 aliphatic carbocycles. The van der Waals surface area contributed by atoms with Crippen LogP contribution in [0.25, 0.3) is 0 Å². The molecule has 0 bridgehead atoms. The van der Waals surface area contributed by atoms with E-state index >= 15 is 0 Å². The molecule has 278 valence electrons. The zero-order chi connectivity index (χ0) is 35.2. The monoisotopic (exact) mass is 675 g/mol. The van der Waals surface area contributed by atoms with Crippen molar-refractivity contribution in [3.8, 4) is 0 Å². The van der Waals surface area contributed by atoms with Gasteiger partial charge in [-0.25, -0.2) is 0 Å². The van der Waals surface area contributed by atoms with Gasteiger partial charge in [-0.05, 0) is 51.4 Å². The van der Waals surface area contributed by atoms with E-state index in [0.717, 1.165) is 77.0 Å². The third-order valence-corrected chi connectivity index (χ3v) is 8.41. The van der Waals surface area contributed by atoms with Crippen molar-refractivity contribution in [3.05, 3.63) is 36.5 Å². The zero-order valence-electron chi connectivity index (χ0n) is 31.5. The Morgan fingerprint density at radius 1 is 0.438 bits per heavy atom. The molecule has 0 amide bonds. The van der Waals surface area contributed by atoms with Crippen LogP contribution in [0.2, 0.25) is 0 Å². The predicted molar refractivity (Wildman–Crippen MR) is 201 cm³/mol. The van der Waals surface area contributed by atoms with Crippen molar-refractivity contribution >= 4 is 17.9 Å². The third kappa shape index (κ3) is 35.0. The maximum absolute atomic E-state index is 12.6. The summed E-state index contributed by atoms with van der Waals surface area (Å²) in [7, 11) is 0. The van der Waals surface area contributed by atoms with Gasteiger partial charge in [0.15, 0.2) is 6.10 Å². The second-order valence-electron chi connectivity index (χ2n) is 13.2. The molecule has 48 heavy (non-hydrogen) atoms. The summed E-state index contributed by atoms with van der Waals surface area (Å²) >= 11 is 0. The van der Waals surface area contributed by atoms with Crippen LogP contribution in [0.15, 0.2) is 36.5 Å². The average Bonchev–Trinajstić information content (AvgIpc) is 3.08. The highest BCUT2D eigenvalue weighted by Crippen LogP contribution is 2.13. The summed E-state index contributed by atoms with van der Waals surface area (Å²) in [5, 5.41) is 0. The Hall–Kier alpha value is -2.37. The lowest BCUT2D eigenvalue weighted by molar-refractivity contribution is -0.167. The van der Waals surface area contributed by atoms with Crippen molar-refractivity contribution in [1.82, 2.24) is 0 Å². The molecule has 1 atom stereocenters. The fraction of sp³-hybridized carbons (Fsp3) is 0.786. The molecule has 0 aliphatic heterocycles. The van der Waals surface area contributed by atoms with E-state index in [1.165, 1.54) is 77.0 Å². The Labute approximate surface area is 295 Å². The fourth-order valence-electron chi connectivity index (χ4n) is 5.40. The zero-order valence-corrected chi connectivity index (χ0v) is 31.5. The van der Waals surface area contributed by atoms with Crippen molar-refractivity contribution in [2.24, 2.45) is 0 Å². The van der Waals surface area contributed by atoms with Gasteiger partial charge in [0.1, 0.15) is 13.2 Å². The van der Waals surface area contributed by atoms with Gasteiger partial charge in [0.2, 0.25) is 0 Å². The van der Waals surface area contributed by atoms with Crippen LogP contribution in [0.5, 0.6) is 0 Å². The van der Waals surface area contributed by atoms with Crippen LogP contribution in [-0.4, -0.2) is 37.2 Å². The lowest BCUT2D eigenvalue weighted by Gasteiger charge is -2.18. The van der Waals surface area contributed by atoms with Crippen LogP contribution >= 0.6 is 0 Å². The Morgan fingerprint density at radius 3 is 1.27 bits per heavy atom. The Morgan fingerprint density at radius 2 is 0.812 bits per heavy atom. The minimum absolute atomic E-state index is 0.0822. The second-order valence-corrected chi connectivity index (χ2v) is 13.2. The summed E-state index contributed by atoms with van der Waals surface area (Å²) in [6, 6.07) is 0. The Bertz CT molecular complexity index is 830. The number of unbranched alkanes of at least 4 members (excludes halogenated alkanes) is 18. The van der Waals surface area contributed by atoms with E-state index in [4.69, 9.17) is 14.2 Å². The average molecular weight is 675 g/mol. The predicted octanol–water partition coefficient (Wildman–Crippen LogP) is 12.2. The van der Waals surface area contributed by atoms with Gasteiger partial charge >= 0.3 is 17.9 Å². The quantitative estimate of drug-likeness (QED) is 0.0288. The number of hydrogen-bond donors (Lipinski definition) is 0. The first-order chi connectivity index (χ1) is 23.5. The van der Waals surface area contributed by atoms with E-state index in [9.17, 15) is 14.4 Å². The standard InChI is InChI=1S/C42H74O6/c1-4-7-10-13-16-19-20-21-24-26-29-32-35-41(44)47-38-39(48-42(45)36-33-30-27-23-18-15-12-9-6-3)37-46-40(43)34-31-28-25-22-17-14-11-8-5-2/h7,10,16,19,21,24,39H,4-6,8-9,11-15,17-18,20,22-23,25-38H2,1-3H3/b10-7-,19-16-,24-21-. The lowest BCUT2D eigenvalue weighted by atomic mass is 10.1. The fourth-order valence-corrected chi connectivity index (χ4v) is 5.40. The number of carbonyl (C=O) groups excluding carboxylic acids is 3. The topological polar surface area (TPSA) is 78.9 Å². The first kappa shape index (κ1) is 45.6. The van der Waals surface area contributed by atoms with Gasteiger partial charge in [0.25, 0.3) is 0 Å². The second kappa shape index (κ2) is 37.4. The van der Waals surface area contributed by atoms with Gasteiger partial charge in [-0.2, -0.15) is 0 Å². The molecule has 0 saturated heterocycles. The molecule has 1 unspecified atom stereocenters. The highest BCUT2D eigenvalue weighted by molar-refractivity contribution is 5.71. The summed E-state index contributed by atoms with van der Waals surface area (Å²) in [5.41, 5.74) is 0. The molecule has 0 aromatic rings. The number of allylic oxidation sites excluding steroid dienone is 6. The van der Waals surface area contributed by atoms with E-state index in [2.05, 4.69) is 57.2 Å². The Kier molecular flexibility index (Phi) is 35.6. The molecule has 0 N–H and O–H groups in total. The summed E-state index contributed by atoms with van der Waals surface area (Å²) in [5.74, 6) is -0.933. The molecule has 6 heteroatoms. The maximum Gasteiger partial charge on any atom is 0.306 e. The largest absolute Gasteiger partial charge is 0.462 e. The maximum atomic E-state index is 12.6. The molecule has 0 aliphatic rings. The molecular formula is C42H74O6. The van der Waals surface area contributed by atoms with E-state index in [-0.39, 0.29) is 31.1 Å². The molecule has 0 fully saturated rings. The van der Waals surface area contributed by atoms with Crippen molar-refractivity contribution in [2.45, 2.75) is 200 Å². The molecule has 0 aromatic carbocycles. The highest BCUT2D eigenvalue weighted by Gasteiger charge is 2.19. The summed E-state index contributed by atoms with van der Waals surface area (Å²) in [4.78, 5) is 37.4. The molecule has 0 heterocycles. The molecular weight excluding hydrogens is 600 g/mol. The van der Waals surface area contributed by atoms with Crippen molar-refractivity contribution in [3.63, 3.8) is 0 Å². The lowest BCUT2D eigenvalue weighted by Crippen LogP contribution is -2.30. The van der Waals surface area contributed by atoms with Gasteiger partial charge in [-0.1, -0.05) is 160 Å². The molecule has 0 aromatic heterocycles. The van der Waals surface area contributed by atoms with Gasteiger partial charge < -0.3 is 14.2 Å². The SMILES string of the molecule is CC/C=C\C/C=C\C/C=C\CCCCC(=O)OCC(COC(=O)CCCCCCCCCCC)OC(=O)CCCCCCCCCCC. The van der Waals surface area contributed by atoms with Crippen LogP contribution in [0.1, 0.15) is 194 Å². The number of rotatable bonds is 35. The van der Waals surface area contributed by atoms with Gasteiger partial charge in [0.05, 0.1) is 0 Å². The number of ether oxygens (including phenoxy) is 3. The van der Waals surface area contributed by atoms with E-state index in [1.807, 2.05) is 0 Å². The van der Waals surface area contributed by atoms with E-state index in [1.54, 1.807) is 0 Å².